The fraction of sp³-hybridized carbons (Fsp3) is 0.565. The zero-order chi connectivity index (χ0) is 18.6. The first kappa shape index (κ1) is 18.5. The minimum absolute atomic E-state index is 0.100. The predicted molar refractivity (Wildman–Crippen MR) is 108 cm³/mol. The summed E-state index contributed by atoms with van der Waals surface area (Å²) in [5.41, 5.74) is 0.756. The molecule has 1 saturated carbocycles. The van der Waals surface area contributed by atoms with Gasteiger partial charge in [0.05, 0.1) is 12.8 Å². The van der Waals surface area contributed by atoms with Crippen molar-refractivity contribution in [3.05, 3.63) is 54.1 Å². The molecule has 1 atom stereocenters. The van der Waals surface area contributed by atoms with Gasteiger partial charge in [0.1, 0.15) is 11.6 Å². The van der Waals surface area contributed by atoms with Gasteiger partial charge in [0.2, 0.25) is 0 Å². The highest BCUT2D eigenvalue weighted by atomic mass is 19.1. The highest BCUT2D eigenvalue weighted by Gasteiger charge is 2.31. The van der Waals surface area contributed by atoms with Crippen molar-refractivity contribution in [1.82, 2.24) is 4.90 Å². The summed E-state index contributed by atoms with van der Waals surface area (Å²) in [6.07, 6.45) is 13.0. The summed E-state index contributed by atoms with van der Waals surface area (Å²) in [6.45, 7) is 3.94. The lowest BCUT2D eigenvalue weighted by atomic mass is 9.75. The van der Waals surface area contributed by atoms with Crippen LogP contribution < -0.4 is 4.90 Å². The molecule has 4 heteroatoms. The van der Waals surface area contributed by atoms with Gasteiger partial charge in [-0.3, -0.25) is 4.90 Å². The number of anilines is 1. The smallest absolute Gasteiger partial charge is 0.146 e. The Morgan fingerprint density at radius 1 is 1.00 bits per heavy atom. The molecule has 146 valence electrons. The first-order valence-electron chi connectivity index (χ1n) is 10.4. The standard InChI is InChI=1S/C23H31FN2O/c1-27-21-6-4-5-19(17-21)18-9-11-20(12-10-18)25-13-15-26(16-14-25)23-8-3-2-7-22(23)24/h2-4,6-8,17-20H,5,9-16H2,1H3/t18?,19-,20?/m0/s1. The number of piperazine rings is 1. The third-order valence-electron chi connectivity index (χ3n) is 6.68. The molecule has 0 spiro atoms. The number of rotatable bonds is 4. The minimum atomic E-state index is -0.100. The Kier molecular flexibility index (Phi) is 5.82. The van der Waals surface area contributed by atoms with E-state index in [1.165, 1.54) is 25.7 Å². The van der Waals surface area contributed by atoms with Gasteiger partial charge >= 0.3 is 0 Å². The summed E-state index contributed by atoms with van der Waals surface area (Å²) in [4.78, 5) is 4.84. The highest BCUT2D eigenvalue weighted by molar-refractivity contribution is 5.48. The topological polar surface area (TPSA) is 15.7 Å². The van der Waals surface area contributed by atoms with Crippen LogP contribution in [0, 0.1) is 17.7 Å². The molecule has 3 nitrogen and oxygen atoms in total. The zero-order valence-corrected chi connectivity index (χ0v) is 16.3. The number of halogens is 1. The largest absolute Gasteiger partial charge is 0.497 e. The number of methoxy groups -OCH3 is 1. The van der Waals surface area contributed by atoms with E-state index in [9.17, 15) is 4.39 Å². The molecule has 0 amide bonds. The van der Waals surface area contributed by atoms with Crippen LogP contribution in [0.2, 0.25) is 0 Å². The Balaban J connectivity index is 1.27. The van der Waals surface area contributed by atoms with Crippen LogP contribution in [0.4, 0.5) is 10.1 Å². The summed E-state index contributed by atoms with van der Waals surface area (Å²) < 4.78 is 19.4. The van der Waals surface area contributed by atoms with Crippen LogP contribution in [0.5, 0.6) is 0 Å². The predicted octanol–water partition coefficient (Wildman–Crippen LogP) is 4.61. The molecule has 27 heavy (non-hydrogen) atoms. The number of ether oxygens (including phenoxy) is 1. The van der Waals surface area contributed by atoms with E-state index in [1.54, 1.807) is 19.2 Å². The molecule has 0 unspecified atom stereocenters. The molecule has 1 saturated heterocycles. The summed E-state index contributed by atoms with van der Waals surface area (Å²) in [5.74, 6) is 2.36. The number of hydrogen-bond donors (Lipinski definition) is 0. The van der Waals surface area contributed by atoms with Crippen LogP contribution in [0.25, 0.3) is 0 Å². The van der Waals surface area contributed by atoms with Gasteiger partial charge in [-0.1, -0.05) is 18.2 Å². The normalized spacial score (nSPS) is 29.5. The molecule has 4 rings (SSSR count). The van der Waals surface area contributed by atoms with Gasteiger partial charge in [-0.2, -0.15) is 0 Å². The Morgan fingerprint density at radius 2 is 1.74 bits per heavy atom. The summed E-state index contributed by atoms with van der Waals surface area (Å²) in [7, 11) is 1.76. The second-order valence-electron chi connectivity index (χ2n) is 8.12. The third-order valence-corrected chi connectivity index (χ3v) is 6.68. The van der Waals surface area contributed by atoms with Gasteiger partial charge in [-0.15, -0.1) is 0 Å². The number of nitrogens with zero attached hydrogens (tertiary/aromatic N) is 2. The van der Waals surface area contributed by atoms with Crippen molar-refractivity contribution in [1.29, 1.82) is 0 Å². The zero-order valence-electron chi connectivity index (χ0n) is 16.3. The Hall–Kier alpha value is -1.81. The van der Waals surface area contributed by atoms with E-state index in [0.717, 1.165) is 50.0 Å². The maximum absolute atomic E-state index is 14.0. The van der Waals surface area contributed by atoms with Crippen molar-refractivity contribution in [2.45, 2.75) is 38.1 Å². The minimum Gasteiger partial charge on any atom is -0.497 e. The second kappa shape index (κ2) is 8.47. The van der Waals surface area contributed by atoms with Gasteiger partial charge in [-0.25, -0.2) is 4.39 Å². The van der Waals surface area contributed by atoms with E-state index >= 15 is 0 Å². The van der Waals surface area contributed by atoms with Gasteiger partial charge < -0.3 is 9.64 Å². The lowest BCUT2D eigenvalue weighted by Crippen LogP contribution is -2.51. The van der Waals surface area contributed by atoms with Crippen molar-refractivity contribution in [3.8, 4) is 0 Å². The van der Waals surface area contributed by atoms with E-state index in [4.69, 9.17) is 4.74 Å². The fourth-order valence-electron chi connectivity index (χ4n) is 5.07. The first-order chi connectivity index (χ1) is 13.2. The van der Waals surface area contributed by atoms with Crippen LogP contribution in [-0.2, 0) is 4.74 Å². The quantitative estimate of drug-likeness (QED) is 0.770. The third kappa shape index (κ3) is 4.21. The molecule has 1 aromatic rings. The van der Waals surface area contributed by atoms with Crippen molar-refractivity contribution >= 4 is 5.69 Å². The van der Waals surface area contributed by atoms with E-state index < -0.39 is 0 Å². The Morgan fingerprint density at radius 3 is 2.44 bits per heavy atom. The maximum Gasteiger partial charge on any atom is 0.146 e. The molecular formula is C23H31FN2O. The van der Waals surface area contributed by atoms with Crippen molar-refractivity contribution in [2.24, 2.45) is 11.8 Å². The van der Waals surface area contributed by atoms with Crippen LogP contribution in [0.1, 0.15) is 32.1 Å². The average molecular weight is 371 g/mol. The van der Waals surface area contributed by atoms with Crippen molar-refractivity contribution in [2.75, 3.05) is 38.2 Å². The van der Waals surface area contributed by atoms with Gasteiger partial charge in [0, 0.05) is 32.2 Å². The number of para-hydroxylation sites is 1. The molecule has 2 fully saturated rings. The summed E-state index contributed by atoms with van der Waals surface area (Å²) in [6, 6.07) is 7.86. The highest BCUT2D eigenvalue weighted by Crippen LogP contribution is 2.37. The molecule has 0 bridgehead atoms. The van der Waals surface area contributed by atoms with Crippen molar-refractivity contribution < 1.29 is 9.13 Å². The average Bonchev–Trinajstić information content (AvgIpc) is 2.74. The molecule has 2 aliphatic carbocycles. The molecule has 0 aromatic heterocycles. The molecule has 3 aliphatic rings. The number of hydrogen-bond acceptors (Lipinski definition) is 3. The molecule has 1 aromatic carbocycles. The lowest BCUT2D eigenvalue weighted by molar-refractivity contribution is 0.118. The van der Waals surface area contributed by atoms with Crippen LogP contribution >= 0.6 is 0 Å². The van der Waals surface area contributed by atoms with Crippen LogP contribution in [0.15, 0.2) is 48.3 Å². The van der Waals surface area contributed by atoms with E-state index in [2.05, 4.69) is 28.0 Å². The van der Waals surface area contributed by atoms with E-state index in [1.807, 2.05) is 12.1 Å². The lowest BCUT2D eigenvalue weighted by Gasteiger charge is -2.43. The van der Waals surface area contributed by atoms with E-state index in [-0.39, 0.29) is 5.82 Å². The van der Waals surface area contributed by atoms with E-state index in [0.29, 0.717) is 12.0 Å². The summed E-state index contributed by atoms with van der Waals surface area (Å²) in [5, 5.41) is 0. The SMILES string of the molecule is COC1=C[C@@H](C2CCC(N3CCN(c4ccccc4F)CC3)CC2)CC=C1. The monoisotopic (exact) mass is 370 g/mol. The molecule has 1 heterocycles. The van der Waals surface area contributed by atoms with Gasteiger partial charge in [0.15, 0.2) is 0 Å². The fourth-order valence-corrected chi connectivity index (χ4v) is 5.07. The van der Waals surface area contributed by atoms with Gasteiger partial charge in [0.25, 0.3) is 0 Å². The Bertz CT molecular complexity index is 685. The Labute approximate surface area is 162 Å². The first-order valence-corrected chi connectivity index (χ1v) is 10.4. The number of allylic oxidation sites excluding steroid dienone is 3. The summed E-state index contributed by atoms with van der Waals surface area (Å²) >= 11 is 0. The second-order valence-corrected chi connectivity index (χ2v) is 8.12. The van der Waals surface area contributed by atoms with Crippen molar-refractivity contribution in [3.63, 3.8) is 0 Å². The maximum atomic E-state index is 14.0. The molecule has 1 aliphatic heterocycles. The van der Waals surface area contributed by atoms with Gasteiger partial charge in [-0.05, 0) is 68.2 Å². The number of benzene rings is 1. The molecular weight excluding hydrogens is 339 g/mol. The van der Waals surface area contributed by atoms with Crippen LogP contribution in [0.3, 0.4) is 0 Å². The molecule has 0 N–H and O–H groups in total. The molecule has 0 radical (unpaired) electrons. The van der Waals surface area contributed by atoms with Crippen LogP contribution in [-0.4, -0.2) is 44.2 Å².